The van der Waals surface area contributed by atoms with Crippen LogP contribution in [0, 0.1) is 0 Å². The molecule has 32 heavy (non-hydrogen) atoms. The van der Waals surface area contributed by atoms with Crippen molar-refractivity contribution in [2.75, 3.05) is 18.5 Å². The predicted molar refractivity (Wildman–Crippen MR) is 128 cm³/mol. The quantitative estimate of drug-likeness (QED) is 0.423. The minimum Gasteiger partial charge on any atom is -0.482 e. The van der Waals surface area contributed by atoms with E-state index in [-0.39, 0.29) is 24.8 Å². The third-order valence-corrected chi connectivity index (χ3v) is 6.05. The van der Waals surface area contributed by atoms with Gasteiger partial charge in [-0.2, -0.15) is 0 Å². The van der Waals surface area contributed by atoms with E-state index >= 15 is 0 Å². The van der Waals surface area contributed by atoms with Crippen LogP contribution in [0.3, 0.4) is 0 Å². The predicted octanol–water partition coefficient (Wildman–Crippen LogP) is 4.63. The molecule has 3 aromatic rings. The molecule has 0 aliphatic heterocycles. The molecule has 0 fully saturated rings. The van der Waals surface area contributed by atoms with E-state index in [1.165, 1.54) is 6.08 Å². The lowest BCUT2D eigenvalue weighted by Crippen LogP contribution is -2.25. The summed E-state index contributed by atoms with van der Waals surface area (Å²) in [6.45, 7) is 3.44. The first-order valence-electron chi connectivity index (χ1n) is 9.81. The number of benzene rings is 3. The molecule has 0 bridgehead atoms. The van der Waals surface area contributed by atoms with E-state index in [4.69, 9.17) is 16.3 Å². The molecule has 0 heterocycles. The van der Waals surface area contributed by atoms with Crippen molar-refractivity contribution in [3.63, 3.8) is 0 Å². The first kappa shape index (κ1) is 23.5. The highest BCUT2D eigenvalue weighted by Crippen LogP contribution is 2.30. The smallest absolute Gasteiger partial charge is 0.262 e. The number of hydrogen-bond donors (Lipinski definition) is 2. The van der Waals surface area contributed by atoms with E-state index in [0.29, 0.717) is 22.0 Å². The second kappa shape index (κ2) is 10.9. The molecule has 0 unspecified atom stereocenters. The molecule has 0 aliphatic rings. The van der Waals surface area contributed by atoms with Crippen LogP contribution >= 0.6 is 11.6 Å². The Morgan fingerprint density at radius 3 is 2.38 bits per heavy atom. The summed E-state index contributed by atoms with van der Waals surface area (Å²) in [5, 5.41) is 3.12. The van der Waals surface area contributed by atoms with E-state index in [0.717, 1.165) is 11.1 Å². The van der Waals surface area contributed by atoms with Crippen molar-refractivity contribution in [3.05, 3.63) is 96.0 Å². The third-order valence-electron chi connectivity index (χ3n) is 4.44. The molecule has 0 radical (unpaired) electrons. The van der Waals surface area contributed by atoms with Crippen molar-refractivity contribution in [1.82, 2.24) is 4.72 Å². The van der Waals surface area contributed by atoms with Gasteiger partial charge in [0.25, 0.3) is 5.91 Å². The third kappa shape index (κ3) is 6.95. The Morgan fingerprint density at radius 2 is 1.72 bits per heavy atom. The number of nitrogens with one attached hydrogen (secondary N) is 2. The van der Waals surface area contributed by atoms with Crippen LogP contribution in [0.5, 0.6) is 5.75 Å². The highest BCUT2D eigenvalue weighted by atomic mass is 35.5. The molecule has 0 aromatic heterocycles. The molecule has 3 rings (SSSR count). The number of hydrogen-bond acceptors (Lipinski definition) is 4. The minimum atomic E-state index is -3.44. The van der Waals surface area contributed by atoms with Gasteiger partial charge < -0.3 is 10.1 Å². The molecule has 0 atom stereocenters. The summed E-state index contributed by atoms with van der Waals surface area (Å²) in [6, 6.07) is 21.8. The Bertz CT molecular complexity index is 1180. The van der Waals surface area contributed by atoms with E-state index < -0.39 is 10.0 Å². The number of ether oxygens (including phenoxy) is 1. The standard InChI is InChI=1S/C24H23ClN2O4S/c1-2-14-26-32(29,30)17-18-8-11-21(12-9-18)27-24(28)16-31-23-13-10-20(15-22(23)25)19-6-4-3-5-7-19/h2-13,15,26H,1,14,16-17H2,(H,27,28). The molecular weight excluding hydrogens is 448 g/mol. The maximum absolute atomic E-state index is 12.2. The van der Waals surface area contributed by atoms with Gasteiger partial charge in [0.1, 0.15) is 5.75 Å². The SMILES string of the molecule is C=CCNS(=O)(=O)Cc1ccc(NC(=O)COc2ccc(-c3ccccc3)cc2Cl)cc1. The number of anilines is 1. The summed E-state index contributed by atoms with van der Waals surface area (Å²) >= 11 is 6.31. The van der Waals surface area contributed by atoms with Crippen LogP contribution in [-0.4, -0.2) is 27.5 Å². The summed E-state index contributed by atoms with van der Waals surface area (Å²) in [6.07, 6.45) is 1.48. The van der Waals surface area contributed by atoms with Gasteiger partial charge in [0.05, 0.1) is 10.8 Å². The Kier molecular flexibility index (Phi) is 8.05. The van der Waals surface area contributed by atoms with Gasteiger partial charge in [-0.1, -0.05) is 66.2 Å². The highest BCUT2D eigenvalue weighted by molar-refractivity contribution is 7.88. The fraction of sp³-hybridized carbons (Fsp3) is 0.125. The molecule has 2 N–H and O–H groups in total. The monoisotopic (exact) mass is 470 g/mol. The van der Waals surface area contributed by atoms with Crippen molar-refractivity contribution >= 4 is 33.2 Å². The van der Waals surface area contributed by atoms with Crippen molar-refractivity contribution in [2.45, 2.75) is 5.75 Å². The van der Waals surface area contributed by atoms with Gasteiger partial charge in [-0.15, -0.1) is 6.58 Å². The maximum atomic E-state index is 12.2. The number of sulfonamides is 1. The molecule has 3 aromatic carbocycles. The maximum Gasteiger partial charge on any atom is 0.262 e. The number of carbonyl (C=O) groups excluding carboxylic acids is 1. The molecule has 8 heteroatoms. The summed E-state index contributed by atoms with van der Waals surface area (Å²) in [7, 11) is -3.44. The molecule has 0 saturated heterocycles. The second-order valence-corrected chi connectivity index (χ2v) is 9.16. The molecule has 0 saturated carbocycles. The molecule has 6 nitrogen and oxygen atoms in total. The number of halogens is 1. The zero-order chi connectivity index (χ0) is 23.0. The van der Waals surface area contributed by atoms with E-state index in [2.05, 4.69) is 16.6 Å². The number of rotatable bonds is 10. The first-order valence-corrected chi connectivity index (χ1v) is 11.8. The van der Waals surface area contributed by atoms with E-state index in [1.807, 2.05) is 36.4 Å². The molecule has 0 spiro atoms. The van der Waals surface area contributed by atoms with Gasteiger partial charge in [-0.25, -0.2) is 13.1 Å². The van der Waals surface area contributed by atoms with Gasteiger partial charge in [-0.3, -0.25) is 4.79 Å². The lowest BCUT2D eigenvalue weighted by Gasteiger charge is -2.11. The van der Waals surface area contributed by atoms with Gasteiger partial charge in [0.15, 0.2) is 6.61 Å². The first-order chi connectivity index (χ1) is 15.4. The van der Waals surface area contributed by atoms with Crippen molar-refractivity contribution in [1.29, 1.82) is 0 Å². The Labute approximate surface area is 192 Å². The minimum absolute atomic E-state index is 0.157. The van der Waals surface area contributed by atoms with Crippen molar-refractivity contribution in [2.24, 2.45) is 0 Å². The van der Waals surface area contributed by atoms with Crippen molar-refractivity contribution in [3.8, 4) is 16.9 Å². The summed E-state index contributed by atoms with van der Waals surface area (Å²) in [5.41, 5.74) is 3.12. The Morgan fingerprint density at radius 1 is 1.00 bits per heavy atom. The second-order valence-electron chi connectivity index (χ2n) is 6.94. The zero-order valence-electron chi connectivity index (χ0n) is 17.3. The van der Waals surface area contributed by atoms with Crippen molar-refractivity contribution < 1.29 is 17.9 Å². The average molecular weight is 471 g/mol. The molecular formula is C24H23ClN2O4S. The molecule has 0 aliphatic carbocycles. The number of carbonyl (C=O) groups is 1. The van der Waals surface area contributed by atoms with Crippen LogP contribution in [0.15, 0.2) is 85.5 Å². The normalized spacial score (nSPS) is 11.0. The van der Waals surface area contributed by atoms with Gasteiger partial charge >= 0.3 is 0 Å². The van der Waals surface area contributed by atoms with Crippen LogP contribution in [0.1, 0.15) is 5.56 Å². The van der Waals surface area contributed by atoms with E-state index in [9.17, 15) is 13.2 Å². The highest BCUT2D eigenvalue weighted by Gasteiger charge is 2.11. The summed E-state index contributed by atoms with van der Waals surface area (Å²) < 4.78 is 31.8. The Hall–Kier alpha value is -3.13. The fourth-order valence-electron chi connectivity index (χ4n) is 2.91. The molecule has 1 amide bonds. The van der Waals surface area contributed by atoms with Crippen LogP contribution in [0.4, 0.5) is 5.69 Å². The van der Waals surface area contributed by atoms with Gasteiger partial charge in [0.2, 0.25) is 10.0 Å². The lowest BCUT2D eigenvalue weighted by atomic mass is 10.1. The lowest BCUT2D eigenvalue weighted by molar-refractivity contribution is -0.118. The van der Waals surface area contributed by atoms with Crippen LogP contribution in [0.2, 0.25) is 5.02 Å². The van der Waals surface area contributed by atoms with E-state index in [1.54, 1.807) is 36.4 Å². The fourth-order valence-corrected chi connectivity index (χ4v) is 4.25. The average Bonchev–Trinajstić information content (AvgIpc) is 2.78. The Balaban J connectivity index is 1.53. The van der Waals surface area contributed by atoms with Gasteiger partial charge in [-0.05, 0) is 41.0 Å². The number of amides is 1. The van der Waals surface area contributed by atoms with Crippen LogP contribution in [0.25, 0.3) is 11.1 Å². The van der Waals surface area contributed by atoms with Crippen LogP contribution in [-0.2, 0) is 20.6 Å². The molecule has 166 valence electrons. The largest absolute Gasteiger partial charge is 0.482 e. The topological polar surface area (TPSA) is 84.5 Å². The summed E-state index contributed by atoms with van der Waals surface area (Å²) in [5.74, 6) is -0.106. The zero-order valence-corrected chi connectivity index (χ0v) is 18.8. The van der Waals surface area contributed by atoms with Gasteiger partial charge in [0, 0.05) is 12.2 Å². The summed E-state index contributed by atoms with van der Waals surface area (Å²) in [4.78, 5) is 12.2. The van der Waals surface area contributed by atoms with Crippen LogP contribution < -0.4 is 14.8 Å².